The topological polar surface area (TPSA) is 94.0 Å². The van der Waals surface area contributed by atoms with Crippen LogP contribution in [0.1, 0.15) is 37.9 Å². The quantitative estimate of drug-likeness (QED) is 0.791. The molecule has 1 saturated carbocycles. The van der Waals surface area contributed by atoms with Gasteiger partial charge in [0.25, 0.3) is 0 Å². The van der Waals surface area contributed by atoms with Crippen LogP contribution in [0.25, 0.3) is 0 Å². The molecule has 6 nitrogen and oxygen atoms in total. The lowest BCUT2D eigenvalue weighted by atomic mass is 9.82. The van der Waals surface area contributed by atoms with Crippen molar-refractivity contribution >= 4 is 5.91 Å². The van der Waals surface area contributed by atoms with Crippen molar-refractivity contribution in [2.45, 2.75) is 44.1 Å². The fourth-order valence-corrected chi connectivity index (χ4v) is 2.18. The summed E-state index contributed by atoms with van der Waals surface area (Å²) in [6, 6.07) is 0. The van der Waals surface area contributed by atoms with E-state index in [1.165, 1.54) is 12.8 Å². The summed E-state index contributed by atoms with van der Waals surface area (Å²) in [5, 5.41) is 6.52. The second kappa shape index (κ2) is 5.27. The summed E-state index contributed by atoms with van der Waals surface area (Å²) >= 11 is 0. The van der Waals surface area contributed by atoms with Crippen molar-refractivity contribution in [3.05, 3.63) is 12.2 Å². The Bertz CT molecular complexity index is 358. The first-order valence-electron chi connectivity index (χ1n) is 6.03. The van der Waals surface area contributed by atoms with E-state index in [0.29, 0.717) is 18.8 Å². The first kappa shape index (κ1) is 12.0. The fraction of sp³-hybridized carbons (Fsp3) is 0.727. The van der Waals surface area contributed by atoms with Crippen LogP contribution in [0.2, 0.25) is 0 Å². The third-order valence-electron chi connectivity index (χ3n) is 3.24. The van der Waals surface area contributed by atoms with Gasteiger partial charge in [0, 0.05) is 13.0 Å². The number of hydrogen-bond donors (Lipinski definition) is 2. The number of aromatic nitrogens is 2. The zero-order valence-corrected chi connectivity index (χ0v) is 9.82. The van der Waals surface area contributed by atoms with E-state index in [1.54, 1.807) is 0 Å². The van der Waals surface area contributed by atoms with Crippen LogP contribution >= 0.6 is 0 Å². The molecular formula is C11H18N4O2. The molecule has 3 N–H and O–H groups in total. The van der Waals surface area contributed by atoms with Gasteiger partial charge in [0.15, 0.2) is 5.82 Å². The lowest BCUT2D eigenvalue weighted by molar-refractivity contribution is -0.127. The van der Waals surface area contributed by atoms with Gasteiger partial charge in [0.05, 0.1) is 5.54 Å². The zero-order chi connectivity index (χ0) is 12.1. The van der Waals surface area contributed by atoms with Crippen LogP contribution in [0.15, 0.2) is 10.9 Å². The molecule has 0 unspecified atom stereocenters. The average Bonchev–Trinajstić information content (AvgIpc) is 2.83. The molecule has 17 heavy (non-hydrogen) atoms. The van der Waals surface area contributed by atoms with E-state index in [0.717, 1.165) is 25.7 Å². The first-order valence-corrected chi connectivity index (χ1v) is 6.03. The average molecular weight is 238 g/mol. The molecule has 1 aromatic heterocycles. The minimum Gasteiger partial charge on any atom is -0.354 e. The lowest BCUT2D eigenvalue weighted by Gasteiger charge is -2.31. The number of amides is 1. The summed E-state index contributed by atoms with van der Waals surface area (Å²) in [7, 11) is 0. The van der Waals surface area contributed by atoms with Gasteiger partial charge in [-0.2, -0.15) is 4.98 Å². The molecule has 0 aliphatic heterocycles. The summed E-state index contributed by atoms with van der Waals surface area (Å²) < 4.78 is 4.61. The van der Waals surface area contributed by atoms with Gasteiger partial charge in [-0.1, -0.05) is 24.4 Å². The summed E-state index contributed by atoms with van der Waals surface area (Å²) in [6.07, 6.45) is 6.65. The van der Waals surface area contributed by atoms with Crippen molar-refractivity contribution in [1.29, 1.82) is 0 Å². The Kier molecular flexibility index (Phi) is 3.73. The highest BCUT2D eigenvalue weighted by molar-refractivity contribution is 5.86. The van der Waals surface area contributed by atoms with E-state index in [1.807, 2.05) is 0 Å². The predicted molar refractivity (Wildman–Crippen MR) is 61.0 cm³/mol. The predicted octanol–water partition coefficient (Wildman–Crippen LogP) is 0.390. The molecule has 0 bridgehead atoms. The summed E-state index contributed by atoms with van der Waals surface area (Å²) in [5.41, 5.74) is 5.43. The summed E-state index contributed by atoms with van der Waals surface area (Å²) in [6.45, 7) is 0.497. The van der Waals surface area contributed by atoms with Gasteiger partial charge in [0.1, 0.15) is 0 Å². The van der Waals surface area contributed by atoms with Crippen molar-refractivity contribution in [3.8, 4) is 0 Å². The van der Waals surface area contributed by atoms with Crippen LogP contribution in [0.4, 0.5) is 0 Å². The number of rotatable bonds is 4. The molecule has 1 aromatic rings. The van der Waals surface area contributed by atoms with E-state index in [2.05, 4.69) is 20.0 Å². The molecule has 1 aliphatic carbocycles. The van der Waals surface area contributed by atoms with Gasteiger partial charge in [-0.15, -0.1) is 0 Å². The molecule has 0 radical (unpaired) electrons. The highest BCUT2D eigenvalue weighted by atomic mass is 16.5. The molecule has 0 aromatic carbocycles. The van der Waals surface area contributed by atoms with Gasteiger partial charge in [-0.3, -0.25) is 4.79 Å². The normalized spacial score (nSPS) is 18.9. The van der Waals surface area contributed by atoms with E-state index in [9.17, 15) is 4.79 Å². The number of carbonyl (C=O) groups is 1. The molecule has 0 atom stereocenters. The standard InChI is InChI=1S/C11H18N4O2/c12-11(5-2-1-3-6-11)10(16)13-7-4-9-14-8-17-15-9/h8H,1-7,12H2,(H,13,16). The Hall–Kier alpha value is -1.43. The highest BCUT2D eigenvalue weighted by Gasteiger charge is 2.34. The maximum atomic E-state index is 11.9. The first-order chi connectivity index (χ1) is 8.21. The van der Waals surface area contributed by atoms with Crippen LogP contribution < -0.4 is 11.1 Å². The van der Waals surface area contributed by atoms with E-state index < -0.39 is 5.54 Å². The Morgan fingerprint density at radius 3 is 2.88 bits per heavy atom. The molecule has 94 valence electrons. The van der Waals surface area contributed by atoms with Crippen molar-refractivity contribution in [2.75, 3.05) is 6.54 Å². The Morgan fingerprint density at radius 1 is 1.47 bits per heavy atom. The molecular weight excluding hydrogens is 220 g/mol. The minimum absolute atomic E-state index is 0.0549. The minimum atomic E-state index is -0.671. The van der Waals surface area contributed by atoms with Gasteiger partial charge in [-0.25, -0.2) is 0 Å². The highest BCUT2D eigenvalue weighted by Crippen LogP contribution is 2.25. The van der Waals surface area contributed by atoms with E-state index >= 15 is 0 Å². The van der Waals surface area contributed by atoms with Crippen molar-refractivity contribution in [3.63, 3.8) is 0 Å². The number of nitrogens with two attached hydrogens (primary N) is 1. The second-order valence-electron chi connectivity index (χ2n) is 4.57. The third kappa shape index (κ3) is 3.03. The van der Waals surface area contributed by atoms with Crippen molar-refractivity contribution < 1.29 is 9.32 Å². The lowest BCUT2D eigenvalue weighted by Crippen LogP contribution is -2.55. The summed E-state index contributed by atoms with van der Waals surface area (Å²) in [5.74, 6) is 0.542. The maximum Gasteiger partial charge on any atom is 0.240 e. The summed E-state index contributed by atoms with van der Waals surface area (Å²) in [4.78, 5) is 15.8. The molecule has 1 aliphatic rings. The zero-order valence-electron chi connectivity index (χ0n) is 9.82. The largest absolute Gasteiger partial charge is 0.354 e. The smallest absolute Gasteiger partial charge is 0.240 e. The van der Waals surface area contributed by atoms with Crippen molar-refractivity contribution in [1.82, 2.24) is 15.5 Å². The molecule has 0 saturated heterocycles. The van der Waals surface area contributed by atoms with Gasteiger partial charge in [-0.05, 0) is 12.8 Å². The molecule has 6 heteroatoms. The van der Waals surface area contributed by atoms with Crippen LogP contribution in [-0.4, -0.2) is 28.1 Å². The fourth-order valence-electron chi connectivity index (χ4n) is 2.18. The maximum absolute atomic E-state index is 11.9. The SMILES string of the molecule is NC1(C(=O)NCCc2ncon2)CCCCC1. The monoisotopic (exact) mass is 238 g/mol. The molecule has 1 amide bonds. The molecule has 1 fully saturated rings. The van der Waals surface area contributed by atoms with Crippen LogP contribution in [-0.2, 0) is 11.2 Å². The molecule has 0 spiro atoms. The van der Waals surface area contributed by atoms with Gasteiger partial charge >= 0.3 is 0 Å². The van der Waals surface area contributed by atoms with E-state index in [4.69, 9.17) is 5.73 Å². The Morgan fingerprint density at radius 2 is 2.24 bits per heavy atom. The van der Waals surface area contributed by atoms with Crippen LogP contribution in [0.3, 0.4) is 0 Å². The van der Waals surface area contributed by atoms with Crippen LogP contribution in [0.5, 0.6) is 0 Å². The molecule has 1 heterocycles. The number of carbonyl (C=O) groups excluding carboxylic acids is 1. The second-order valence-corrected chi connectivity index (χ2v) is 4.57. The van der Waals surface area contributed by atoms with E-state index in [-0.39, 0.29) is 5.91 Å². The molecule has 2 rings (SSSR count). The third-order valence-corrected chi connectivity index (χ3v) is 3.24. The number of hydrogen-bond acceptors (Lipinski definition) is 5. The van der Waals surface area contributed by atoms with Gasteiger partial charge < -0.3 is 15.6 Å². The number of nitrogens with zero attached hydrogens (tertiary/aromatic N) is 2. The number of nitrogens with one attached hydrogen (secondary N) is 1. The van der Waals surface area contributed by atoms with Crippen molar-refractivity contribution in [2.24, 2.45) is 5.73 Å². The Balaban J connectivity index is 1.76. The Labute approximate surface area is 99.9 Å². The van der Waals surface area contributed by atoms with Gasteiger partial charge in [0.2, 0.25) is 12.3 Å². The van der Waals surface area contributed by atoms with Crippen LogP contribution in [0, 0.1) is 0 Å².